The molecule has 0 spiro atoms. The van der Waals surface area contributed by atoms with E-state index in [4.69, 9.17) is 0 Å². The highest BCUT2D eigenvalue weighted by Gasteiger charge is 2.26. The molecule has 1 amide bonds. The van der Waals surface area contributed by atoms with Gasteiger partial charge in [0.25, 0.3) is 11.8 Å². The average molecular weight is 430 g/mol. The van der Waals surface area contributed by atoms with Gasteiger partial charge in [0.15, 0.2) is 5.82 Å². The van der Waals surface area contributed by atoms with Crippen molar-refractivity contribution in [2.75, 3.05) is 18.9 Å². The van der Waals surface area contributed by atoms with Gasteiger partial charge >= 0.3 is 0 Å². The number of anilines is 1. The number of benzene rings is 1. The van der Waals surface area contributed by atoms with Crippen molar-refractivity contribution in [1.82, 2.24) is 24.8 Å². The molecule has 31 heavy (non-hydrogen) atoms. The van der Waals surface area contributed by atoms with E-state index < -0.39 is 17.6 Å². The van der Waals surface area contributed by atoms with Crippen LogP contribution in [0, 0.1) is 5.82 Å². The fourth-order valence-electron chi connectivity index (χ4n) is 2.77. The molecule has 2 aromatic heterocycles. The zero-order valence-electron chi connectivity index (χ0n) is 17.2. The third-order valence-corrected chi connectivity index (χ3v) is 4.73. The largest absolute Gasteiger partial charge is 0.352 e. The molecule has 0 unspecified atom stereocenters. The summed E-state index contributed by atoms with van der Waals surface area (Å²) in [6.07, 6.45) is 5.04. The van der Waals surface area contributed by atoms with Crippen LogP contribution in [0.1, 0.15) is 29.8 Å². The third-order valence-electron chi connectivity index (χ3n) is 4.73. The van der Waals surface area contributed by atoms with Crippen molar-refractivity contribution in [2.45, 2.75) is 25.8 Å². The monoisotopic (exact) mass is 430 g/mol. The Morgan fingerprint density at radius 2 is 1.77 bits per heavy atom. The molecule has 0 saturated heterocycles. The number of amides is 1. The number of hydrogen-bond acceptors (Lipinski definition) is 6. The third kappa shape index (κ3) is 5.14. The van der Waals surface area contributed by atoms with Crippen LogP contribution in [0.5, 0.6) is 0 Å². The summed E-state index contributed by atoms with van der Waals surface area (Å²) in [7, 11) is 1.58. The van der Waals surface area contributed by atoms with E-state index in [-0.39, 0.29) is 41.0 Å². The van der Waals surface area contributed by atoms with Crippen LogP contribution in [0.15, 0.2) is 49.1 Å². The number of aromatic nitrogens is 4. The topological polar surface area (TPSA) is 83.9 Å². The van der Waals surface area contributed by atoms with Gasteiger partial charge in [-0.05, 0) is 25.1 Å². The highest BCUT2D eigenvalue weighted by atomic mass is 19.3. The molecular formula is C21H21F3N6O. The molecule has 0 bridgehead atoms. The van der Waals surface area contributed by atoms with Gasteiger partial charge in [0.05, 0.1) is 16.7 Å². The van der Waals surface area contributed by atoms with E-state index in [9.17, 15) is 18.0 Å². The minimum atomic E-state index is -3.02. The molecule has 3 rings (SSSR count). The zero-order valence-corrected chi connectivity index (χ0v) is 17.2. The molecule has 0 aliphatic carbocycles. The molecule has 1 N–H and O–H groups in total. The summed E-state index contributed by atoms with van der Waals surface area (Å²) in [5.74, 6) is -3.77. The zero-order chi connectivity index (χ0) is 22.6. The Labute approximate surface area is 177 Å². The lowest BCUT2D eigenvalue weighted by Crippen LogP contribution is -2.39. The minimum absolute atomic E-state index is 0.0273. The maximum Gasteiger partial charge on any atom is 0.273 e. The number of nitrogens with zero attached hydrogens (tertiary/aromatic N) is 5. The first-order valence-electron chi connectivity index (χ1n) is 9.45. The number of halogens is 3. The highest BCUT2D eigenvalue weighted by molar-refractivity contribution is 6.00. The predicted molar refractivity (Wildman–Crippen MR) is 109 cm³/mol. The number of hydrogen-bond donors (Lipinski definition) is 1. The summed E-state index contributed by atoms with van der Waals surface area (Å²) in [5.41, 5.74) is -0.133. The minimum Gasteiger partial charge on any atom is -0.352 e. The van der Waals surface area contributed by atoms with E-state index in [2.05, 4.69) is 25.3 Å². The predicted octanol–water partition coefficient (Wildman–Crippen LogP) is 3.76. The summed E-state index contributed by atoms with van der Waals surface area (Å²) >= 11 is 0. The van der Waals surface area contributed by atoms with Gasteiger partial charge in [0.1, 0.15) is 5.82 Å². The smallest absolute Gasteiger partial charge is 0.273 e. The molecule has 10 heteroatoms. The molecule has 0 fully saturated rings. The molecule has 0 saturated carbocycles. The number of carbonyl (C=O) groups excluding carboxylic acids is 1. The Morgan fingerprint density at radius 3 is 2.39 bits per heavy atom. The van der Waals surface area contributed by atoms with Crippen molar-refractivity contribution in [2.24, 2.45) is 0 Å². The average Bonchev–Trinajstić information content (AvgIpc) is 2.76. The number of alkyl halides is 2. The van der Waals surface area contributed by atoms with Crippen molar-refractivity contribution in [3.8, 4) is 11.4 Å². The molecule has 162 valence electrons. The van der Waals surface area contributed by atoms with Gasteiger partial charge in [0.2, 0.25) is 5.95 Å². The van der Waals surface area contributed by atoms with E-state index >= 15 is 0 Å². The van der Waals surface area contributed by atoms with Crippen LogP contribution in [0.4, 0.5) is 19.1 Å². The van der Waals surface area contributed by atoms with Crippen molar-refractivity contribution in [3.63, 3.8) is 0 Å². The normalized spacial score (nSPS) is 12.3. The summed E-state index contributed by atoms with van der Waals surface area (Å²) in [5, 5.41) is 2.91. The summed E-state index contributed by atoms with van der Waals surface area (Å²) < 4.78 is 41.0. The first kappa shape index (κ1) is 22.1. The standard InChI is InChI=1S/C21H21F3N6O/c1-13(10-27-20-28-11-14(12-29-20)21(2,23)24)30(3)19(31)15-6-4-7-16(22)17(15)18-25-8-5-9-26-18/h4-9,11-13H,10H2,1-3H3,(H,27,28,29)/t13-/m0/s1. The molecule has 0 aliphatic rings. The van der Waals surface area contributed by atoms with Crippen LogP contribution in [0.25, 0.3) is 11.4 Å². The van der Waals surface area contributed by atoms with Gasteiger partial charge in [-0.2, -0.15) is 0 Å². The Hall–Kier alpha value is -3.56. The summed E-state index contributed by atoms with van der Waals surface area (Å²) in [4.78, 5) is 30.3. The van der Waals surface area contributed by atoms with Crippen molar-refractivity contribution in [3.05, 3.63) is 66.0 Å². The second-order valence-electron chi connectivity index (χ2n) is 7.06. The number of rotatable bonds is 7. The number of likely N-dealkylation sites (N-methyl/N-ethyl adjacent to an activating group) is 1. The molecule has 2 heterocycles. The second kappa shape index (κ2) is 9.07. The van der Waals surface area contributed by atoms with E-state index in [0.29, 0.717) is 0 Å². The van der Waals surface area contributed by atoms with E-state index in [0.717, 1.165) is 19.3 Å². The van der Waals surface area contributed by atoms with Crippen LogP contribution in [-0.4, -0.2) is 50.4 Å². The second-order valence-corrected chi connectivity index (χ2v) is 7.06. The van der Waals surface area contributed by atoms with Crippen LogP contribution in [-0.2, 0) is 5.92 Å². The Bertz CT molecular complexity index is 1040. The van der Waals surface area contributed by atoms with Gasteiger partial charge in [0, 0.05) is 51.3 Å². The summed E-state index contributed by atoms with van der Waals surface area (Å²) in [6, 6.07) is 5.46. The SMILES string of the molecule is C[C@@H](CNc1ncc(C(C)(F)F)cn1)N(C)C(=O)c1cccc(F)c1-c1ncccn1. The van der Waals surface area contributed by atoms with Crippen molar-refractivity contribution >= 4 is 11.9 Å². The van der Waals surface area contributed by atoms with Gasteiger partial charge in [-0.3, -0.25) is 4.79 Å². The Kier molecular flexibility index (Phi) is 6.47. The molecule has 1 atom stereocenters. The highest BCUT2D eigenvalue weighted by Crippen LogP contribution is 2.26. The van der Waals surface area contributed by atoms with E-state index in [1.807, 2.05) is 0 Å². The first-order chi connectivity index (χ1) is 14.7. The fraction of sp³-hybridized carbons (Fsp3) is 0.286. The lowest BCUT2D eigenvalue weighted by molar-refractivity contribution is 0.0167. The molecule has 0 radical (unpaired) electrons. The Balaban J connectivity index is 1.72. The van der Waals surface area contributed by atoms with Crippen LogP contribution in [0.3, 0.4) is 0 Å². The van der Waals surface area contributed by atoms with Gasteiger partial charge in [-0.25, -0.2) is 33.1 Å². The van der Waals surface area contributed by atoms with Crippen molar-refractivity contribution < 1.29 is 18.0 Å². The number of nitrogens with one attached hydrogen (secondary N) is 1. The van der Waals surface area contributed by atoms with Crippen molar-refractivity contribution in [1.29, 1.82) is 0 Å². The lowest BCUT2D eigenvalue weighted by Gasteiger charge is -2.26. The Morgan fingerprint density at radius 1 is 1.13 bits per heavy atom. The van der Waals surface area contributed by atoms with Gasteiger partial charge < -0.3 is 10.2 Å². The van der Waals surface area contributed by atoms with Gasteiger partial charge in [-0.15, -0.1) is 0 Å². The van der Waals surface area contributed by atoms with E-state index in [1.165, 1.54) is 35.5 Å². The molecular weight excluding hydrogens is 409 g/mol. The number of carbonyl (C=O) groups is 1. The first-order valence-corrected chi connectivity index (χ1v) is 9.45. The van der Waals surface area contributed by atoms with E-state index in [1.54, 1.807) is 20.0 Å². The molecule has 7 nitrogen and oxygen atoms in total. The molecule has 1 aromatic carbocycles. The van der Waals surface area contributed by atoms with Gasteiger partial charge in [-0.1, -0.05) is 6.07 Å². The van der Waals surface area contributed by atoms with Crippen LogP contribution in [0.2, 0.25) is 0 Å². The summed E-state index contributed by atoms with van der Waals surface area (Å²) in [6.45, 7) is 2.79. The lowest BCUT2D eigenvalue weighted by atomic mass is 10.0. The quantitative estimate of drug-likeness (QED) is 0.615. The fourth-order valence-corrected chi connectivity index (χ4v) is 2.77. The van der Waals surface area contributed by atoms with Crippen LogP contribution >= 0.6 is 0 Å². The molecule has 3 aromatic rings. The maximum absolute atomic E-state index is 14.5. The molecule has 0 aliphatic heterocycles. The maximum atomic E-state index is 14.5. The van der Waals surface area contributed by atoms with Crippen LogP contribution < -0.4 is 5.32 Å².